The highest BCUT2D eigenvalue weighted by Gasteiger charge is 2.35. The van der Waals surface area contributed by atoms with Gasteiger partial charge >= 0.3 is 0 Å². The number of fused-ring (bicyclic) bond motifs is 1. The predicted octanol–water partition coefficient (Wildman–Crippen LogP) is 1.17. The molecule has 1 N–H and O–H groups in total. The van der Waals surface area contributed by atoms with Gasteiger partial charge in [0, 0.05) is 44.3 Å². The van der Waals surface area contributed by atoms with Crippen LogP contribution in [0.25, 0.3) is 0 Å². The Hall–Kier alpha value is -0.160. The molecule has 0 aromatic rings. The van der Waals surface area contributed by atoms with Crippen molar-refractivity contribution in [3.63, 3.8) is 0 Å². The SMILES string of the molecule is CC(C)C1CN(CC2CN3CCCC3CO2)C(C)CN1. The molecule has 4 unspecified atom stereocenters. The predicted molar refractivity (Wildman–Crippen MR) is 82.0 cm³/mol. The lowest BCUT2D eigenvalue weighted by atomic mass is 9.99. The molecule has 3 aliphatic heterocycles. The average Bonchev–Trinajstić information content (AvgIpc) is 2.88. The van der Waals surface area contributed by atoms with Gasteiger partial charge in [-0.1, -0.05) is 13.8 Å². The summed E-state index contributed by atoms with van der Waals surface area (Å²) in [7, 11) is 0. The molecule has 0 aliphatic carbocycles. The smallest absolute Gasteiger partial charge is 0.0829 e. The molecule has 0 amide bonds. The van der Waals surface area contributed by atoms with E-state index < -0.39 is 0 Å². The second-order valence-electron chi connectivity index (χ2n) is 7.31. The minimum Gasteiger partial charge on any atom is -0.374 e. The maximum Gasteiger partial charge on any atom is 0.0829 e. The quantitative estimate of drug-likeness (QED) is 0.840. The van der Waals surface area contributed by atoms with Gasteiger partial charge in [-0.3, -0.25) is 9.80 Å². The van der Waals surface area contributed by atoms with Crippen LogP contribution in [0.4, 0.5) is 0 Å². The zero-order valence-electron chi connectivity index (χ0n) is 13.3. The normalized spacial score (nSPS) is 40.2. The van der Waals surface area contributed by atoms with Crippen molar-refractivity contribution in [2.24, 2.45) is 5.92 Å². The van der Waals surface area contributed by atoms with Crippen molar-refractivity contribution in [3.05, 3.63) is 0 Å². The van der Waals surface area contributed by atoms with Crippen molar-refractivity contribution in [1.82, 2.24) is 15.1 Å². The Bertz CT molecular complexity index is 323. The van der Waals surface area contributed by atoms with Gasteiger partial charge in [-0.15, -0.1) is 0 Å². The second kappa shape index (κ2) is 6.30. The number of hydrogen-bond acceptors (Lipinski definition) is 4. The van der Waals surface area contributed by atoms with Crippen LogP contribution in [0.3, 0.4) is 0 Å². The van der Waals surface area contributed by atoms with E-state index in [9.17, 15) is 0 Å². The van der Waals surface area contributed by atoms with Gasteiger partial charge in [0.1, 0.15) is 0 Å². The molecule has 116 valence electrons. The number of nitrogens with zero attached hydrogens (tertiary/aromatic N) is 2. The summed E-state index contributed by atoms with van der Waals surface area (Å²) in [6.45, 7) is 13.8. The van der Waals surface area contributed by atoms with E-state index in [0.717, 1.165) is 32.3 Å². The van der Waals surface area contributed by atoms with Crippen molar-refractivity contribution in [3.8, 4) is 0 Å². The molecular formula is C16H31N3O. The Morgan fingerprint density at radius 2 is 2.15 bits per heavy atom. The molecule has 0 spiro atoms. The minimum atomic E-state index is 0.415. The molecule has 0 aromatic heterocycles. The third kappa shape index (κ3) is 3.19. The highest BCUT2D eigenvalue weighted by atomic mass is 16.5. The molecule has 3 fully saturated rings. The summed E-state index contributed by atoms with van der Waals surface area (Å²) in [6.07, 6.45) is 3.12. The third-order valence-corrected chi connectivity index (χ3v) is 5.43. The molecule has 0 aromatic carbocycles. The van der Waals surface area contributed by atoms with Crippen molar-refractivity contribution in [1.29, 1.82) is 0 Å². The summed E-state index contributed by atoms with van der Waals surface area (Å²) in [5, 5.41) is 3.68. The summed E-state index contributed by atoms with van der Waals surface area (Å²) in [5.41, 5.74) is 0. The van der Waals surface area contributed by atoms with E-state index in [4.69, 9.17) is 4.74 Å². The first kappa shape index (κ1) is 14.8. The lowest BCUT2D eigenvalue weighted by Gasteiger charge is -2.44. The summed E-state index contributed by atoms with van der Waals surface area (Å²) in [6, 6.07) is 1.98. The summed E-state index contributed by atoms with van der Waals surface area (Å²) >= 11 is 0. The number of hydrogen-bond donors (Lipinski definition) is 1. The first-order valence-corrected chi connectivity index (χ1v) is 8.46. The molecule has 4 atom stereocenters. The number of rotatable bonds is 3. The zero-order valence-corrected chi connectivity index (χ0v) is 13.3. The fourth-order valence-corrected chi connectivity index (χ4v) is 3.91. The first-order valence-electron chi connectivity index (χ1n) is 8.46. The van der Waals surface area contributed by atoms with E-state index in [1.165, 1.54) is 25.9 Å². The maximum atomic E-state index is 6.13. The Morgan fingerprint density at radius 3 is 2.95 bits per heavy atom. The molecule has 3 heterocycles. The first-order chi connectivity index (χ1) is 9.63. The van der Waals surface area contributed by atoms with E-state index >= 15 is 0 Å². The highest BCUT2D eigenvalue weighted by molar-refractivity contribution is 4.90. The zero-order chi connectivity index (χ0) is 14.1. The molecule has 0 radical (unpaired) electrons. The minimum absolute atomic E-state index is 0.415. The van der Waals surface area contributed by atoms with Gasteiger partial charge in [-0.05, 0) is 32.2 Å². The van der Waals surface area contributed by atoms with Crippen LogP contribution in [0.15, 0.2) is 0 Å². The molecule has 20 heavy (non-hydrogen) atoms. The maximum absolute atomic E-state index is 6.13. The van der Waals surface area contributed by atoms with Crippen LogP contribution in [0.1, 0.15) is 33.6 Å². The van der Waals surface area contributed by atoms with Gasteiger partial charge in [0.15, 0.2) is 0 Å². The van der Waals surface area contributed by atoms with Gasteiger partial charge < -0.3 is 10.1 Å². The van der Waals surface area contributed by atoms with Gasteiger partial charge in [0.2, 0.25) is 0 Å². The average molecular weight is 281 g/mol. The largest absolute Gasteiger partial charge is 0.374 e. The Labute approximate surface area is 123 Å². The third-order valence-electron chi connectivity index (χ3n) is 5.43. The van der Waals surface area contributed by atoms with Crippen LogP contribution in [0.2, 0.25) is 0 Å². The molecule has 4 heteroatoms. The second-order valence-corrected chi connectivity index (χ2v) is 7.31. The molecule has 3 rings (SSSR count). The van der Waals surface area contributed by atoms with Crippen molar-refractivity contribution < 1.29 is 4.74 Å². The molecule has 0 bridgehead atoms. The standard InChI is InChI=1S/C16H31N3O/c1-12(2)16-10-19(13(3)7-17-16)9-15-8-18-6-4-5-14(18)11-20-15/h12-17H,4-11H2,1-3H3. The molecular weight excluding hydrogens is 250 g/mol. The van der Waals surface area contributed by atoms with Crippen LogP contribution in [-0.2, 0) is 4.74 Å². The number of piperazine rings is 1. The van der Waals surface area contributed by atoms with Crippen LogP contribution < -0.4 is 5.32 Å². The van der Waals surface area contributed by atoms with Crippen LogP contribution in [-0.4, -0.2) is 73.4 Å². The van der Waals surface area contributed by atoms with Crippen LogP contribution in [0, 0.1) is 5.92 Å². The molecule has 3 saturated heterocycles. The lowest BCUT2D eigenvalue weighted by molar-refractivity contribution is -0.0689. The fraction of sp³-hybridized carbons (Fsp3) is 1.00. The van der Waals surface area contributed by atoms with Gasteiger partial charge in [0.25, 0.3) is 0 Å². The Kier molecular flexibility index (Phi) is 4.65. The highest BCUT2D eigenvalue weighted by Crippen LogP contribution is 2.23. The van der Waals surface area contributed by atoms with Gasteiger partial charge in [-0.2, -0.15) is 0 Å². The van der Waals surface area contributed by atoms with Gasteiger partial charge in [-0.25, -0.2) is 0 Å². The number of nitrogens with one attached hydrogen (secondary N) is 1. The fourth-order valence-electron chi connectivity index (χ4n) is 3.91. The summed E-state index contributed by atoms with van der Waals surface area (Å²) < 4.78 is 6.13. The summed E-state index contributed by atoms with van der Waals surface area (Å²) in [4.78, 5) is 5.29. The molecule has 4 nitrogen and oxygen atoms in total. The van der Waals surface area contributed by atoms with Crippen molar-refractivity contribution >= 4 is 0 Å². The van der Waals surface area contributed by atoms with Crippen LogP contribution >= 0.6 is 0 Å². The molecule has 3 aliphatic rings. The number of morpholine rings is 1. The van der Waals surface area contributed by atoms with Crippen LogP contribution in [0.5, 0.6) is 0 Å². The van der Waals surface area contributed by atoms with E-state index in [2.05, 4.69) is 35.9 Å². The Balaban J connectivity index is 1.53. The van der Waals surface area contributed by atoms with E-state index in [1.807, 2.05) is 0 Å². The topological polar surface area (TPSA) is 27.7 Å². The summed E-state index contributed by atoms with van der Waals surface area (Å²) in [5.74, 6) is 0.709. The van der Waals surface area contributed by atoms with Crippen molar-refractivity contribution in [2.75, 3.05) is 39.3 Å². The van der Waals surface area contributed by atoms with Gasteiger partial charge in [0.05, 0.1) is 12.7 Å². The monoisotopic (exact) mass is 281 g/mol. The lowest BCUT2D eigenvalue weighted by Crippen LogP contribution is -2.60. The van der Waals surface area contributed by atoms with E-state index in [-0.39, 0.29) is 0 Å². The number of ether oxygens (including phenoxy) is 1. The Morgan fingerprint density at radius 1 is 1.30 bits per heavy atom. The van der Waals surface area contributed by atoms with Crippen molar-refractivity contribution in [2.45, 2.75) is 57.8 Å². The van der Waals surface area contributed by atoms with E-state index in [1.54, 1.807) is 0 Å². The van der Waals surface area contributed by atoms with E-state index in [0.29, 0.717) is 24.1 Å². The molecule has 0 saturated carbocycles.